The summed E-state index contributed by atoms with van der Waals surface area (Å²) < 4.78 is 15.7. The molecule has 0 atom stereocenters. The van der Waals surface area contributed by atoms with Crippen LogP contribution in [0.15, 0.2) is 96.4 Å². The minimum absolute atomic E-state index is 0.0484. The molecule has 1 aliphatic carbocycles. The molecule has 3 N–H and O–H groups in total. The molecule has 1 fully saturated rings. The van der Waals surface area contributed by atoms with Gasteiger partial charge in [-0.25, -0.2) is 4.79 Å². The fourth-order valence-corrected chi connectivity index (χ4v) is 11.1. The van der Waals surface area contributed by atoms with E-state index >= 15 is 0 Å². The number of rotatable bonds is 17. The van der Waals surface area contributed by atoms with Crippen LogP contribution in [-0.4, -0.2) is 88.0 Å². The van der Waals surface area contributed by atoms with E-state index in [0.29, 0.717) is 90.3 Å². The van der Waals surface area contributed by atoms with Gasteiger partial charge in [0.15, 0.2) is 5.60 Å². The zero-order chi connectivity index (χ0) is 50.0. The van der Waals surface area contributed by atoms with Gasteiger partial charge in [-0.05, 0) is 130 Å². The van der Waals surface area contributed by atoms with Crippen LogP contribution in [0.5, 0.6) is 11.5 Å². The largest absolute Gasteiger partial charge is 0.456 e. The Kier molecular flexibility index (Phi) is 14.2. The van der Waals surface area contributed by atoms with Gasteiger partial charge in [0.2, 0.25) is 11.8 Å². The molecule has 4 amide bonds. The molecule has 1 saturated carbocycles. The number of aryl methyl sites for hydroxylation is 1. The molecule has 3 aliphatic rings. The number of carbonyl (C=O) groups is 5. The first-order valence-electron chi connectivity index (χ1n) is 24.8. The molecule has 2 aliphatic heterocycles. The van der Waals surface area contributed by atoms with Crippen LogP contribution in [0.25, 0.3) is 10.2 Å². The van der Waals surface area contributed by atoms with Crippen molar-refractivity contribution in [3.8, 4) is 11.5 Å². The van der Waals surface area contributed by atoms with Gasteiger partial charge in [0.25, 0.3) is 11.8 Å². The quantitative estimate of drug-likeness (QED) is 0.0600. The number of anilines is 3. The van der Waals surface area contributed by atoms with E-state index < -0.39 is 11.6 Å². The van der Waals surface area contributed by atoms with Crippen LogP contribution in [0.1, 0.15) is 112 Å². The summed E-state index contributed by atoms with van der Waals surface area (Å²) in [6.45, 7) is 5.58. The van der Waals surface area contributed by atoms with Crippen LogP contribution < -0.4 is 35.4 Å². The minimum Gasteiger partial charge on any atom is -0.456 e. The summed E-state index contributed by atoms with van der Waals surface area (Å²) in [5.41, 5.74) is 6.63. The second-order valence-electron chi connectivity index (χ2n) is 19.3. The number of thiophene rings is 1. The van der Waals surface area contributed by atoms with Gasteiger partial charge in [0, 0.05) is 111 Å². The van der Waals surface area contributed by atoms with Crippen molar-refractivity contribution in [1.29, 1.82) is 0 Å². The summed E-state index contributed by atoms with van der Waals surface area (Å²) >= 11 is 1.55. The maximum Gasteiger partial charge on any atom is 0.340 e. The molecule has 1 spiro atoms. The number of nitrogens with zero attached hydrogens (tertiary/aromatic N) is 4. The molecule has 0 bridgehead atoms. The summed E-state index contributed by atoms with van der Waals surface area (Å²) in [6, 6.07) is 28.5. The van der Waals surface area contributed by atoms with E-state index in [2.05, 4.69) is 16.0 Å². The third kappa shape index (κ3) is 9.84. The van der Waals surface area contributed by atoms with Crippen molar-refractivity contribution in [3.63, 3.8) is 0 Å². The van der Waals surface area contributed by atoms with Crippen molar-refractivity contribution < 1.29 is 33.4 Å². The predicted octanol–water partition coefficient (Wildman–Crippen LogP) is 9.16. The number of ether oxygens (including phenoxy) is 2. The fraction of sp³-hybridized carbons (Fsp3) is 0.375. The SMILES string of the molecule is CCN(C(=O)Cn1c(C(=O)NC2CCC(C(=O)NCCCCCCNC(=O)c3ccc4c(c3)C3(OC4=O)c4ccc(N(C)C)cc4Oc4cc(N(C)C)ccc43)CC2)cc2sccc21)c1cccc(C)c1. The molecule has 0 unspecified atom stereocenters. The highest BCUT2D eigenvalue weighted by Gasteiger charge is 2.54. The zero-order valence-corrected chi connectivity index (χ0v) is 42.2. The van der Waals surface area contributed by atoms with Gasteiger partial charge in [0.05, 0.1) is 15.8 Å². The maximum atomic E-state index is 13.8. The molecular weight excluding hydrogens is 915 g/mol. The monoisotopic (exact) mass is 977 g/mol. The molecular formula is C56H63N7O7S. The average Bonchev–Trinajstić information content (AvgIpc) is 4.05. The van der Waals surface area contributed by atoms with Gasteiger partial charge in [-0.3, -0.25) is 19.2 Å². The number of hydrogen-bond acceptors (Lipinski definition) is 10. The molecule has 370 valence electrons. The fourth-order valence-electron chi connectivity index (χ4n) is 10.3. The molecule has 2 aromatic heterocycles. The van der Waals surface area contributed by atoms with Crippen molar-refractivity contribution in [2.75, 3.05) is 62.5 Å². The summed E-state index contributed by atoms with van der Waals surface area (Å²) in [4.78, 5) is 73.5. The lowest BCUT2D eigenvalue weighted by Crippen LogP contribution is -2.42. The van der Waals surface area contributed by atoms with Gasteiger partial charge >= 0.3 is 5.97 Å². The Bertz CT molecular complexity index is 2940. The highest BCUT2D eigenvalue weighted by atomic mass is 32.1. The Morgan fingerprint density at radius 1 is 0.732 bits per heavy atom. The van der Waals surface area contributed by atoms with E-state index in [1.165, 1.54) is 0 Å². The van der Waals surface area contributed by atoms with Crippen molar-refractivity contribution in [2.45, 2.75) is 83.4 Å². The van der Waals surface area contributed by atoms with E-state index in [1.54, 1.807) is 34.4 Å². The first-order chi connectivity index (χ1) is 34.2. The van der Waals surface area contributed by atoms with Gasteiger partial charge < -0.3 is 44.7 Å². The number of nitrogens with one attached hydrogen (secondary N) is 3. The van der Waals surface area contributed by atoms with E-state index in [9.17, 15) is 24.0 Å². The van der Waals surface area contributed by atoms with E-state index in [4.69, 9.17) is 9.47 Å². The van der Waals surface area contributed by atoms with E-state index in [-0.39, 0.29) is 42.1 Å². The minimum atomic E-state index is -1.30. The van der Waals surface area contributed by atoms with E-state index in [0.717, 1.165) is 58.5 Å². The van der Waals surface area contributed by atoms with Crippen LogP contribution in [0, 0.1) is 12.8 Å². The highest BCUT2D eigenvalue weighted by molar-refractivity contribution is 7.17. The third-order valence-corrected chi connectivity index (χ3v) is 15.0. The Morgan fingerprint density at radius 2 is 1.41 bits per heavy atom. The molecule has 6 aromatic rings. The molecule has 14 nitrogen and oxygen atoms in total. The average molecular weight is 978 g/mol. The summed E-state index contributed by atoms with van der Waals surface area (Å²) in [7, 11) is 7.82. The van der Waals surface area contributed by atoms with Gasteiger partial charge in [-0.15, -0.1) is 11.3 Å². The van der Waals surface area contributed by atoms with Crippen molar-refractivity contribution in [3.05, 3.63) is 135 Å². The lowest BCUT2D eigenvalue weighted by Gasteiger charge is -2.37. The predicted molar refractivity (Wildman–Crippen MR) is 279 cm³/mol. The number of benzene rings is 4. The Labute approximate surface area is 419 Å². The number of likely N-dealkylation sites (N-methyl/N-ethyl adjacent to an activating group) is 1. The molecule has 0 saturated heterocycles. The van der Waals surface area contributed by atoms with Crippen LogP contribution in [-0.2, 0) is 26.5 Å². The Morgan fingerprint density at radius 3 is 2.06 bits per heavy atom. The topological polar surface area (TPSA) is 155 Å². The summed E-state index contributed by atoms with van der Waals surface area (Å²) in [6.07, 6.45) is 6.15. The summed E-state index contributed by atoms with van der Waals surface area (Å²) in [5.74, 6) is 0.115. The number of hydrogen-bond donors (Lipinski definition) is 3. The third-order valence-electron chi connectivity index (χ3n) is 14.2. The Hall–Kier alpha value is -7.13. The normalized spacial score (nSPS) is 16.3. The van der Waals surface area contributed by atoms with E-state index in [1.807, 2.05) is 135 Å². The van der Waals surface area contributed by atoms with Crippen molar-refractivity contribution in [1.82, 2.24) is 20.5 Å². The number of unbranched alkanes of at least 4 members (excludes halogenated alkanes) is 3. The number of fused-ring (bicyclic) bond motifs is 7. The number of aromatic nitrogens is 1. The number of esters is 1. The maximum absolute atomic E-state index is 13.8. The first-order valence-corrected chi connectivity index (χ1v) is 25.6. The second kappa shape index (κ2) is 20.7. The van der Waals surface area contributed by atoms with Gasteiger partial charge in [0.1, 0.15) is 23.7 Å². The standard InChI is InChI=1S/C56H63N7O7S/c1-7-62(41-14-12-13-35(2)29-41)51(64)34-63-46-25-28-71-50(46)33-47(63)54(67)59-38-18-15-36(16-19-38)52(65)57-26-10-8-9-11-27-58-53(66)37-17-22-42-45(30-37)56(70-55(42)68)43-23-20-39(60(3)4)31-48(43)69-49-32-40(61(5)6)21-24-44(49)56/h12-14,17,20-25,28-33,36,38H,7-11,15-16,18-19,26-27,34H2,1-6H3,(H,57,65)(H,58,66)(H,59,67). The van der Waals surface area contributed by atoms with Crippen molar-refractivity contribution in [2.24, 2.45) is 5.92 Å². The molecule has 0 radical (unpaired) electrons. The van der Waals surface area contributed by atoms with Crippen LogP contribution in [0.3, 0.4) is 0 Å². The molecule has 4 heterocycles. The lowest BCUT2D eigenvalue weighted by molar-refractivity contribution is -0.126. The van der Waals surface area contributed by atoms with Gasteiger partial charge in [-0.1, -0.05) is 25.0 Å². The molecule has 9 rings (SSSR count). The molecule has 4 aromatic carbocycles. The highest BCUT2D eigenvalue weighted by Crippen LogP contribution is 2.57. The van der Waals surface area contributed by atoms with Crippen LogP contribution >= 0.6 is 11.3 Å². The van der Waals surface area contributed by atoms with Crippen molar-refractivity contribution >= 4 is 68.2 Å². The Balaban J connectivity index is 0.725. The number of amides is 4. The lowest BCUT2D eigenvalue weighted by atomic mass is 9.77. The van der Waals surface area contributed by atoms with Crippen LogP contribution in [0.4, 0.5) is 17.1 Å². The molecule has 15 heteroatoms. The second-order valence-corrected chi connectivity index (χ2v) is 20.3. The van der Waals surface area contributed by atoms with Crippen LogP contribution in [0.2, 0.25) is 0 Å². The summed E-state index contributed by atoms with van der Waals surface area (Å²) in [5, 5.41) is 11.4. The first kappa shape index (κ1) is 48.9. The zero-order valence-electron chi connectivity index (χ0n) is 41.4. The molecule has 71 heavy (non-hydrogen) atoms. The van der Waals surface area contributed by atoms with Gasteiger partial charge in [-0.2, -0.15) is 0 Å². The number of carbonyl (C=O) groups excluding carboxylic acids is 5. The smallest absolute Gasteiger partial charge is 0.340 e.